The highest BCUT2D eigenvalue weighted by Crippen LogP contribution is 2.39. The Labute approximate surface area is 414 Å². The predicted octanol–water partition coefficient (Wildman–Crippen LogP) is 7.67. The molecule has 376 valence electrons. The van der Waals surface area contributed by atoms with Crippen LogP contribution in [0.3, 0.4) is 0 Å². The molecule has 0 aliphatic carbocycles. The molecule has 3 aromatic heterocycles. The fraction of sp³-hybridized carbons (Fsp3) is 0.519. The van der Waals surface area contributed by atoms with Crippen molar-refractivity contribution >= 4 is 28.7 Å². The van der Waals surface area contributed by atoms with E-state index in [9.17, 15) is 0 Å². The minimum absolute atomic E-state index is 0.210. The molecule has 4 aliphatic heterocycles. The van der Waals surface area contributed by atoms with Crippen molar-refractivity contribution in [2.24, 2.45) is 0 Å². The van der Waals surface area contributed by atoms with Crippen LogP contribution in [-0.4, -0.2) is 142 Å². The summed E-state index contributed by atoms with van der Waals surface area (Å²) in [6.45, 7) is 21.8. The fourth-order valence-corrected chi connectivity index (χ4v) is 10.5. The first-order valence-electron chi connectivity index (χ1n) is 25.8. The zero-order chi connectivity index (χ0) is 48.2. The number of nitrogens with two attached hydrogens (primary N) is 1. The monoisotopic (exact) mass is 959 g/mol. The fourth-order valence-electron chi connectivity index (χ4n) is 10.5. The van der Waals surface area contributed by atoms with Crippen LogP contribution < -0.4 is 44.5 Å². The van der Waals surface area contributed by atoms with Crippen LogP contribution in [0.15, 0.2) is 85.5 Å². The number of hydrazine groups is 1. The van der Waals surface area contributed by atoms with Crippen molar-refractivity contribution in [3.8, 4) is 28.7 Å². The van der Waals surface area contributed by atoms with Gasteiger partial charge in [-0.15, -0.1) is 0 Å². The average molecular weight is 959 g/mol. The lowest BCUT2D eigenvalue weighted by atomic mass is 10.00. The van der Waals surface area contributed by atoms with E-state index >= 15 is 0 Å². The van der Waals surface area contributed by atoms with Crippen LogP contribution in [-0.2, 0) is 22.6 Å². The number of anilines is 5. The molecule has 7 heterocycles. The zero-order valence-corrected chi connectivity index (χ0v) is 41.8. The highest BCUT2D eigenvalue weighted by atomic mass is 16.5. The Kier molecular flexibility index (Phi) is 16.7. The quantitative estimate of drug-likeness (QED) is 0.0604. The van der Waals surface area contributed by atoms with E-state index in [-0.39, 0.29) is 12.1 Å². The van der Waals surface area contributed by atoms with Gasteiger partial charge in [0.2, 0.25) is 0 Å². The molecular weight excluding hydrogens is 885 g/mol. The van der Waals surface area contributed by atoms with Crippen molar-refractivity contribution in [2.75, 3.05) is 131 Å². The maximum absolute atomic E-state index is 6.48. The summed E-state index contributed by atoms with van der Waals surface area (Å²) in [4.78, 5) is 20.1. The number of rotatable bonds is 20. The van der Waals surface area contributed by atoms with E-state index < -0.39 is 0 Å². The maximum atomic E-state index is 6.48. The maximum Gasteiger partial charge on any atom is 0.147 e. The third-order valence-corrected chi connectivity index (χ3v) is 13.8. The van der Waals surface area contributed by atoms with Gasteiger partial charge in [-0.2, -0.15) is 0 Å². The Hall–Kier alpha value is -5.94. The van der Waals surface area contributed by atoms with Crippen LogP contribution in [0.5, 0.6) is 23.0 Å². The molecule has 0 atom stereocenters. The molecule has 0 spiro atoms. The molecule has 0 amide bonds. The first-order valence-corrected chi connectivity index (χ1v) is 25.8. The molecule has 0 radical (unpaired) electrons. The van der Waals surface area contributed by atoms with E-state index in [1.165, 1.54) is 5.56 Å². The Morgan fingerprint density at radius 1 is 0.543 bits per heavy atom. The molecule has 2 N–H and O–H groups in total. The number of aromatic nitrogens is 3. The van der Waals surface area contributed by atoms with Gasteiger partial charge in [-0.05, 0) is 125 Å². The van der Waals surface area contributed by atoms with E-state index in [1.807, 2.05) is 52.2 Å². The van der Waals surface area contributed by atoms with Gasteiger partial charge in [-0.1, -0.05) is 0 Å². The van der Waals surface area contributed by atoms with Gasteiger partial charge in [0.05, 0.1) is 88.7 Å². The molecule has 16 nitrogen and oxygen atoms in total. The standard InChI is InChI=1S/C54H74N10O6/c1-5-67-47-33-41(34-48(53(47)55)68-6-2)39-58-21-15-43(16-22-58)63(45-11-13-51(56-37-45)60-25-29-65-30-26-60)64(46-12-14-52(57-38-46)61-27-31-66-32-28-61)44-17-23-59(24-18-44)40-42-35-49(69-7-3)54(50(36-42)70-8-4)62-19-9-10-20-62/h9-14,19-20,33-38,43-44H,5-8,15-18,21-32,39-40,55H2,1-4H3. The van der Waals surface area contributed by atoms with Crippen LogP contribution in [0.1, 0.15) is 64.5 Å². The molecule has 0 bridgehead atoms. The van der Waals surface area contributed by atoms with E-state index in [1.54, 1.807) is 0 Å². The number of ether oxygens (including phenoxy) is 6. The summed E-state index contributed by atoms with van der Waals surface area (Å²) in [6, 6.07) is 22.0. The molecular formula is C54H74N10O6. The van der Waals surface area contributed by atoms with Crippen molar-refractivity contribution in [2.45, 2.75) is 78.6 Å². The van der Waals surface area contributed by atoms with Gasteiger partial charge in [0.15, 0.2) is 0 Å². The second-order valence-corrected chi connectivity index (χ2v) is 18.4. The molecule has 4 aliphatic rings. The normalized spacial score (nSPS) is 17.7. The number of morpholine rings is 2. The molecule has 2 aromatic carbocycles. The van der Waals surface area contributed by atoms with Gasteiger partial charge in [-0.25, -0.2) is 9.97 Å². The summed E-state index contributed by atoms with van der Waals surface area (Å²) < 4.78 is 38.0. The average Bonchev–Trinajstić information content (AvgIpc) is 3.93. The Morgan fingerprint density at radius 3 is 1.30 bits per heavy atom. The number of nitrogen functional groups attached to an aromatic ring is 1. The van der Waals surface area contributed by atoms with Crippen LogP contribution >= 0.6 is 0 Å². The van der Waals surface area contributed by atoms with Gasteiger partial charge in [0, 0.05) is 77.8 Å². The van der Waals surface area contributed by atoms with Crippen LogP contribution in [0.4, 0.5) is 28.7 Å². The smallest absolute Gasteiger partial charge is 0.147 e. The van der Waals surface area contributed by atoms with Crippen molar-refractivity contribution in [1.82, 2.24) is 24.3 Å². The summed E-state index contributed by atoms with van der Waals surface area (Å²) >= 11 is 0. The van der Waals surface area contributed by atoms with Crippen molar-refractivity contribution < 1.29 is 28.4 Å². The summed E-state index contributed by atoms with van der Waals surface area (Å²) in [7, 11) is 0. The minimum Gasteiger partial charge on any atom is -0.492 e. The largest absolute Gasteiger partial charge is 0.492 e. The molecule has 4 fully saturated rings. The number of hydrogen-bond acceptors (Lipinski definition) is 15. The highest BCUT2D eigenvalue weighted by Gasteiger charge is 2.36. The van der Waals surface area contributed by atoms with Crippen LogP contribution in [0.2, 0.25) is 0 Å². The first-order chi connectivity index (χ1) is 34.4. The van der Waals surface area contributed by atoms with Crippen molar-refractivity contribution in [3.63, 3.8) is 0 Å². The summed E-state index contributed by atoms with van der Waals surface area (Å²) in [5.41, 5.74) is 12.5. The number of benzene rings is 2. The van der Waals surface area contributed by atoms with Crippen LogP contribution in [0, 0.1) is 0 Å². The van der Waals surface area contributed by atoms with Gasteiger partial charge in [-0.3, -0.25) is 19.8 Å². The number of hydrogen-bond donors (Lipinski definition) is 1. The van der Waals surface area contributed by atoms with E-state index in [4.69, 9.17) is 44.1 Å². The molecule has 4 saturated heterocycles. The lowest BCUT2D eigenvalue weighted by molar-refractivity contribution is 0.122. The minimum atomic E-state index is 0.210. The van der Waals surface area contributed by atoms with E-state index in [2.05, 4.69) is 95.1 Å². The molecule has 5 aromatic rings. The highest BCUT2D eigenvalue weighted by molar-refractivity contribution is 5.65. The lowest BCUT2D eigenvalue weighted by Crippen LogP contribution is -2.59. The van der Waals surface area contributed by atoms with E-state index in [0.717, 1.165) is 137 Å². The molecule has 9 rings (SSSR count). The van der Waals surface area contributed by atoms with Crippen molar-refractivity contribution in [3.05, 3.63) is 96.6 Å². The van der Waals surface area contributed by atoms with Crippen molar-refractivity contribution in [1.29, 1.82) is 0 Å². The first kappa shape index (κ1) is 49.1. The topological polar surface area (TPSA) is 132 Å². The van der Waals surface area contributed by atoms with Gasteiger partial charge < -0.3 is 48.5 Å². The SMILES string of the molecule is CCOc1cc(CN2CCC(N(c3ccc(N4CCOCC4)nc3)N(c3ccc(N4CCOCC4)nc3)C3CCN(Cc4cc(OCC)c(-n5cccc5)c(OCC)c4)CC3)CC2)cc(OCC)c1N. The molecule has 0 unspecified atom stereocenters. The summed E-state index contributed by atoms with van der Waals surface area (Å²) in [5.74, 6) is 5.01. The summed E-state index contributed by atoms with van der Waals surface area (Å²) in [5, 5.41) is 5.18. The lowest BCUT2D eigenvalue weighted by Gasteiger charge is -2.50. The zero-order valence-electron chi connectivity index (χ0n) is 41.8. The number of nitrogens with zero attached hydrogens (tertiary/aromatic N) is 9. The van der Waals surface area contributed by atoms with Gasteiger partial charge in [0.25, 0.3) is 0 Å². The number of likely N-dealkylation sites (tertiary alicyclic amines) is 2. The number of pyridine rings is 2. The van der Waals surface area contributed by atoms with Gasteiger partial charge in [0.1, 0.15) is 46.0 Å². The second-order valence-electron chi connectivity index (χ2n) is 18.4. The molecule has 0 saturated carbocycles. The third-order valence-electron chi connectivity index (χ3n) is 13.8. The molecule has 16 heteroatoms. The number of piperidine rings is 2. The van der Waals surface area contributed by atoms with Crippen LogP contribution in [0.25, 0.3) is 5.69 Å². The third kappa shape index (κ3) is 11.6. The van der Waals surface area contributed by atoms with E-state index in [0.29, 0.717) is 70.0 Å². The van der Waals surface area contributed by atoms with Gasteiger partial charge >= 0.3 is 0 Å². The summed E-state index contributed by atoms with van der Waals surface area (Å²) in [6.07, 6.45) is 12.2. The Bertz CT molecular complexity index is 2320. The second kappa shape index (κ2) is 23.8. The Balaban J connectivity index is 1.00. The molecule has 70 heavy (non-hydrogen) atoms. The predicted molar refractivity (Wildman–Crippen MR) is 277 cm³/mol. The Morgan fingerprint density at radius 2 is 0.929 bits per heavy atom.